The Bertz CT molecular complexity index is 259. The zero-order valence-electron chi connectivity index (χ0n) is 8.62. The van der Waals surface area contributed by atoms with Gasteiger partial charge in [0, 0.05) is 18.5 Å². The minimum absolute atomic E-state index is 0.210. The lowest BCUT2D eigenvalue weighted by Gasteiger charge is -2.17. The lowest BCUT2D eigenvalue weighted by Crippen LogP contribution is -2.35. The molecule has 13 heavy (non-hydrogen) atoms. The van der Waals surface area contributed by atoms with Crippen molar-refractivity contribution in [3.8, 4) is 0 Å². The van der Waals surface area contributed by atoms with Crippen LogP contribution in [-0.2, 0) is 13.0 Å². The van der Waals surface area contributed by atoms with E-state index in [1.165, 1.54) is 0 Å². The van der Waals surface area contributed by atoms with Crippen LogP contribution in [0, 0.1) is 0 Å². The van der Waals surface area contributed by atoms with E-state index in [0.717, 1.165) is 25.2 Å². The maximum Gasteiger partial charge on any atom is 0.134 e. The summed E-state index contributed by atoms with van der Waals surface area (Å²) in [5.74, 6) is 0.981. The highest BCUT2D eigenvalue weighted by molar-refractivity contribution is 4.93. The smallest absolute Gasteiger partial charge is 0.134 e. The molecule has 1 heterocycles. The zero-order chi connectivity index (χ0) is 9.90. The van der Waals surface area contributed by atoms with Gasteiger partial charge < -0.3 is 10.3 Å². The van der Waals surface area contributed by atoms with E-state index in [0.29, 0.717) is 0 Å². The summed E-state index contributed by atoms with van der Waals surface area (Å²) in [6.45, 7) is 7.10. The zero-order valence-corrected chi connectivity index (χ0v) is 8.62. The summed E-state index contributed by atoms with van der Waals surface area (Å²) in [6.07, 6.45) is 3.63. The van der Waals surface area contributed by atoms with Gasteiger partial charge >= 0.3 is 0 Å². The van der Waals surface area contributed by atoms with E-state index in [4.69, 9.17) is 5.73 Å². The second kappa shape index (κ2) is 3.87. The molecule has 2 N–H and O–H groups in total. The standard InChI is InChI=1S/C9H18N4/c1-4-5-13-7-11-12-8(13)6-9(2,3)10/h7H,4-6,10H2,1-3H3. The van der Waals surface area contributed by atoms with Gasteiger partial charge in [-0.05, 0) is 20.3 Å². The Morgan fingerprint density at radius 2 is 2.23 bits per heavy atom. The van der Waals surface area contributed by atoms with Gasteiger partial charge in [0.1, 0.15) is 12.2 Å². The van der Waals surface area contributed by atoms with Gasteiger partial charge in [-0.2, -0.15) is 0 Å². The van der Waals surface area contributed by atoms with Gasteiger partial charge in [-0.25, -0.2) is 0 Å². The molecule has 1 aromatic rings. The highest BCUT2D eigenvalue weighted by Gasteiger charge is 2.15. The highest BCUT2D eigenvalue weighted by Crippen LogP contribution is 2.07. The molecule has 1 aromatic heterocycles. The second-order valence-electron chi connectivity index (χ2n) is 4.11. The summed E-state index contributed by atoms with van der Waals surface area (Å²) < 4.78 is 2.06. The Kier molecular flexibility index (Phi) is 3.03. The molecule has 0 saturated heterocycles. The third-order valence-electron chi connectivity index (χ3n) is 1.77. The Morgan fingerprint density at radius 1 is 1.54 bits per heavy atom. The molecule has 0 unspecified atom stereocenters. The molecule has 0 radical (unpaired) electrons. The number of hydrogen-bond acceptors (Lipinski definition) is 3. The molecule has 4 heteroatoms. The third kappa shape index (κ3) is 3.14. The van der Waals surface area contributed by atoms with E-state index in [1.807, 2.05) is 13.8 Å². The molecule has 4 nitrogen and oxygen atoms in total. The molecule has 0 amide bonds. The number of nitrogens with zero attached hydrogens (tertiary/aromatic N) is 3. The average Bonchev–Trinajstić information content (AvgIpc) is 2.34. The maximum absolute atomic E-state index is 5.91. The van der Waals surface area contributed by atoms with Crippen LogP contribution in [0.15, 0.2) is 6.33 Å². The third-order valence-corrected chi connectivity index (χ3v) is 1.77. The fraction of sp³-hybridized carbons (Fsp3) is 0.778. The molecule has 1 rings (SSSR count). The van der Waals surface area contributed by atoms with Crippen molar-refractivity contribution in [2.75, 3.05) is 0 Å². The van der Waals surface area contributed by atoms with E-state index < -0.39 is 0 Å². The number of nitrogens with two attached hydrogens (primary N) is 1. The Morgan fingerprint density at radius 3 is 2.77 bits per heavy atom. The van der Waals surface area contributed by atoms with E-state index in [9.17, 15) is 0 Å². The van der Waals surface area contributed by atoms with Crippen LogP contribution in [0.5, 0.6) is 0 Å². The van der Waals surface area contributed by atoms with E-state index in [1.54, 1.807) is 6.33 Å². The van der Waals surface area contributed by atoms with Crippen molar-refractivity contribution in [3.05, 3.63) is 12.2 Å². The van der Waals surface area contributed by atoms with Crippen molar-refractivity contribution in [1.82, 2.24) is 14.8 Å². The fourth-order valence-corrected chi connectivity index (χ4v) is 1.25. The van der Waals surface area contributed by atoms with Gasteiger partial charge in [0.2, 0.25) is 0 Å². The largest absolute Gasteiger partial charge is 0.325 e. The van der Waals surface area contributed by atoms with Gasteiger partial charge in [0.05, 0.1) is 0 Å². The van der Waals surface area contributed by atoms with E-state index >= 15 is 0 Å². The van der Waals surface area contributed by atoms with Crippen molar-refractivity contribution in [3.63, 3.8) is 0 Å². The van der Waals surface area contributed by atoms with Crippen LogP contribution in [0.2, 0.25) is 0 Å². The number of aryl methyl sites for hydroxylation is 1. The van der Waals surface area contributed by atoms with Crippen LogP contribution in [0.25, 0.3) is 0 Å². The minimum atomic E-state index is -0.210. The summed E-state index contributed by atoms with van der Waals surface area (Å²) in [5, 5.41) is 7.94. The molecule has 0 fully saturated rings. The fourth-order valence-electron chi connectivity index (χ4n) is 1.25. The normalized spacial score (nSPS) is 12.0. The Balaban J connectivity index is 2.70. The Hall–Kier alpha value is -0.900. The molecule has 0 spiro atoms. The molecule has 0 aliphatic rings. The van der Waals surface area contributed by atoms with Crippen LogP contribution in [0.4, 0.5) is 0 Å². The monoisotopic (exact) mass is 182 g/mol. The van der Waals surface area contributed by atoms with Gasteiger partial charge in [-0.3, -0.25) is 0 Å². The van der Waals surface area contributed by atoms with Crippen LogP contribution in [0.3, 0.4) is 0 Å². The highest BCUT2D eigenvalue weighted by atomic mass is 15.3. The molecule has 0 aliphatic carbocycles. The topological polar surface area (TPSA) is 56.7 Å². The molecule has 0 aromatic carbocycles. The van der Waals surface area contributed by atoms with Crippen LogP contribution in [-0.4, -0.2) is 20.3 Å². The average molecular weight is 182 g/mol. The summed E-state index contributed by atoms with van der Waals surface area (Å²) in [7, 11) is 0. The van der Waals surface area contributed by atoms with Crippen molar-refractivity contribution in [2.45, 2.75) is 45.7 Å². The summed E-state index contributed by atoms with van der Waals surface area (Å²) in [6, 6.07) is 0. The lowest BCUT2D eigenvalue weighted by molar-refractivity contribution is 0.483. The van der Waals surface area contributed by atoms with Crippen molar-refractivity contribution < 1.29 is 0 Å². The Labute approximate surface area is 79.2 Å². The SMILES string of the molecule is CCCn1cnnc1CC(C)(C)N. The molecular weight excluding hydrogens is 164 g/mol. The first kappa shape index (κ1) is 10.2. The molecule has 0 bridgehead atoms. The van der Waals surface area contributed by atoms with Gasteiger partial charge in [-0.15, -0.1) is 10.2 Å². The molecule has 0 atom stereocenters. The minimum Gasteiger partial charge on any atom is -0.325 e. The molecule has 0 saturated carbocycles. The lowest BCUT2D eigenvalue weighted by atomic mass is 10.0. The van der Waals surface area contributed by atoms with Crippen molar-refractivity contribution in [1.29, 1.82) is 0 Å². The van der Waals surface area contributed by atoms with Gasteiger partial charge in [0.15, 0.2) is 0 Å². The van der Waals surface area contributed by atoms with E-state index in [2.05, 4.69) is 21.7 Å². The summed E-state index contributed by atoms with van der Waals surface area (Å²) in [4.78, 5) is 0. The first-order valence-corrected chi connectivity index (χ1v) is 4.68. The van der Waals surface area contributed by atoms with Crippen molar-refractivity contribution in [2.24, 2.45) is 5.73 Å². The summed E-state index contributed by atoms with van der Waals surface area (Å²) >= 11 is 0. The van der Waals surface area contributed by atoms with Crippen LogP contribution < -0.4 is 5.73 Å². The molecular formula is C9H18N4. The predicted molar refractivity (Wildman–Crippen MR) is 52.3 cm³/mol. The summed E-state index contributed by atoms with van der Waals surface area (Å²) in [5.41, 5.74) is 5.70. The molecule has 0 aliphatic heterocycles. The first-order chi connectivity index (χ1) is 6.03. The number of rotatable bonds is 4. The maximum atomic E-state index is 5.91. The second-order valence-corrected chi connectivity index (χ2v) is 4.11. The van der Waals surface area contributed by atoms with Crippen LogP contribution in [0.1, 0.15) is 33.0 Å². The predicted octanol–water partition coefficient (Wildman–Crippen LogP) is 0.968. The van der Waals surface area contributed by atoms with Crippen molar-refractivity contribution >= 4 is 0 Å². The van der Waals surface area contributed by atoms with Gasteiger partial charge in [-0.1, -0.05) is 6.92 Å². The first-order valence-electron chi connectivity index (χ1n) is 4.68. The van der Waals surface area contributed by atoms with Gasteiger partial charge in [0.25, 0.3) is 0 Å². The number of hydrogen-bond donors (Lipinski definition) is 1. The number of aromatic nitrogens is 3. The molecule has 74 valence electrons. The quantitative estimate of drug-likeness (QED) is 0.754. The van der Waals surface area contributed by atoms with E-state index in [-0.39, 0.29) is 5.54 Å². The van der Waals surface area contributed by atoms with Crippen LogP contribution >= 0.6 is 0 Å².